The van der Waals surface area contributed by atoms with E-state index in [9.17, 15) is 19.8 Å². The van der Waals surface area contributed by atoms with E-state index in [-0.39, 0.29) is 23.8 Å². The molecule has 0 atom stereocenters. The highest BCUT2D eigenvalue weighted by Gasteiger charge is 2.38. The Morgan fingerprint density at radius 3 is 2.64 bits per heavy atom. The van der Waals surface area contributed by atoms with Crippen molar-refractivity contribution < 1.29 is 29.3 Å². The van der Waals surface area contributed by atoms with E-state index in [0.29, 0.717) is 49.2 Å². The minimum absolute atomic E-state index is 0.0239. The fourth-order valence-corrected chi connectivity index (χ4v) is 3.82. The molecule has 1 amide bonds. The molecule has 3 rings (SSSR count). The number of phenolic OH excluding ortho intramolecular Hbond substituents is 1. The molecule has 1 saturated heterocycles. The van der Waals surface area contributed by atoms with Crippen LogP contribution in [0.25, 0.3) is 0 Å². The molecule has 2 N–H and O–H groups in total. The van der Waals surface area contributed by atoms with Gasteiger partial charge >= 0.3 is 5.97 Å². The Labute approximate surface area is 164 Å². The van der Waals surface area contributed by atoms with Crippen LogP contribution in [-0.2, 0) is 22.6 Å². The van der Waals surface area contributed by atoms with Crippen molar-refractivity contribution in [1.29, 1.82) is 0 Å². The first-order chi connectivity index (χ1) is 13.1. The molecule has 1 aromatic rings. The van der Waals surface area contributed by atoms with Crippen molar-refractivity contribution in [3.8, 4) is 11.5 Å². The van der Waals surface area contributed by atoms with Gasteiger partial charge in [-0.25, -0.2) is 4.79 Å². The number of allylic oxidation sites excluding steroid dienone is 2. The van der Waals surface area contributed by atoms with E-state index in [2.05, 4.69) is 0 Å². The predicted molar refractivity (Wildman–Crippen MR) is 102 cm³/mol. The van der Waals surface area contributed by atoms with Crippen molar-refractivity contribution in [3.63, 3.8) is 0 Å². The van der Waals surface area contributed by atoms with Crippen molar-refractivity contribution >= 4 is 11.9 Å². The van der Waals surface area contributed by atoms with Gasteiger partial charge in [-0.1, -0.05) is 11.6 Å². The molecule has 7 nitrogen and oxygen atoms in total. The number of aliphatic hydroxyl groups is 1. The molecule has 0 bridgehead atoms. The second-order valence-corrected chi connectivity index (χ2v) is 7.92. The second-order valence-electron chi connectivity index (χ2n) is 7.92. The standard InChI is InChI=1S/C21H27NO6/c1-12(6-8-16(23)22-10-21(3,26)11-22)5-7-14-18(24)17-15(9-28-20(17)25)13(2)19(14)27-4/h5,24,26H,6-11H2,1-4H3. The molecule has 0 unspecified atom stereocenters. The number of hydrogen-bond acceptors (Lipinski definition) is 6. The zero-order valence-electron chi connectivity index (χ0n) is 16.8. The average Bonchev–Trinajstić information content (AvgIpc) is 3.01. The fraction of sp³-hybridized carbons (Fsp3) is 0.524. The Balaban J connectivity index is 1.70. The zero-order valence-corrected chi connectivity index (χ0v) is 16.8. The van der Waals surface area contributed by atoms with E-state index < -0.39 is 11.6 Å². The number of amides is 1. The first-order valence-electron chi connectivity index (χ1n) is 9.38. The van der Waals surface area contributed by atoms with Crippen LogP contribution in [0.15, 0.2) is 11.6 Å². The predicted octanol–water partition coefficient (Wildman–Crippen LogP) is 2.24. The van der Waals surface area contributed by atoms with Gasteiger partial charge in [-0.05, 0) is 39.2 Å². The summed E-state index contributed by atoms with van der Waals surface area (Å²) >= 11 is 0. The molecule has 0 aromatic heterocycles. The van der Waals surface area contributed by atoms with Crippen LogP contribution in [0.1, 0.15) is 53.7 Å². The number of ether oxygens (including phenoxy) is 2. The van der Waals surface area contributed by atoms with Crippen LogP contribution in [0.4, 0.5) is 0 Å². The van der Waals surface area contributed by atoms with Gasteiger partial charge in [-0.15, -0.1) is 0 Å². The Morgan fingerprint density at radius 1 is 1.36 bits per heavy atom. The largest absolute Gasteiger partial charge is 0.507 e. The molecule has 7 heteroatoms. The molecule has 2 aliphatic rings. The minimum atomic E-state index is -0.763. The molecule has 1 fully saturated rings. The summed E-state index contributed by atoms with van der Waals surface area (Å²) in [6, 6.07) is 0. The van der Waals surface area contributed by atoms with Gasteiger partial charge < -0.3 is 24.6 Å². The summed E-state index contributed by atoms with van der Waals surface area (Å²) in [4.78, 5) is 25.7. The lowest BCUT2D eigenvalue weighted by atomic mass is 9.94. The number of aromatic hydroxyl groups is 1. The summed E-state index contributed by atoms with van der Waals surface area (Å²) < 4.78 is 10.5. The van der Waals surface area contributed by atoms with Crippen molar-refractivity contribution in [3.05, 3.63) is 33.9 Å². The van der Waals surface area contributed by atoms with Gasteiger partial charge in [-0.3, -0.25) is 4.79 Å². The summed E-state index contributed by atoms with van der Waals surface area (Å²) in [6.45, 7) is 6.40. The van der Waals surface area contributed by atoms with Gasteiger partial charge in [0.15, 0.2) is 0 Å². The van der Waals surface area contributed by atoms with E-state index in [1.165, 1.54) is 7.11 Å². The third-order valence-corrected chi connectivity index (χ3v) is 5.45. The van der Waals surface area contributed by atoms with Crippen LogP contribution in [0.2, 0.25) is 0 Å². The van der Waals surface area contributed by atoms with Gasteiger partial charge in [-0.2, -0.15) is 0 Å². The number of benzene rings is 1. The molecule has 2 heterocycles. The van der Waals surface area contributed by atoms with Crippen molar-refractivity contribution in [2.24, 2.45) is 0 Å². The van der Waals surface area contributed by atoms with Gasteiger partial charge in [0.1, 0.15) is 23.7 Å². The van der Waals surface area contributed by atoms with E-state index in [4.69, 9.17) is 9.47 Å². The Hall–Kier alpha value is -2.54. The van der Waals surface area contributed by atoms with Crippen LogP contribution in [0.3, 0.4) is 0 Å². The highest BCUT2D eigenvalue weighted by Crippen LogP contribution is 2.42. The Kier molecular flexibility index (Phi) is 5.39. The number of likely N-dealkylation sites (tertiary alicyclic amines) is 1. The van der Waals surface area contributed by atoms with Crippen LogP contribution in [0, 0.1) is 6.92 Å². The van der Waals surface area contributed by atoms with Crippen LogP contribution < -0.4 is 4.74 Å². The molecule has 28 heavy (non-hydrogen) atoms. The quantitative estimate of drug-likeness (QED) is 0.572. The number of methoxy groups -OCH3 is 1. The van der Waals surface area contributed by atoms with E-state index >= 15 is 0 Å². The van der Waals surface area contributed by atoms with Gasteiger partial charge in [0, 0.05) is 17.5 Å². The molecule has 0 aliphatic carbocycles. The van der Waals surface area contributed by atoms with Crippen LogP contribution in [-0.4, -0.2) is 52.8 Å². The second kappa shape index (κ2) is 7.47. The lowest BCUT2D eigenvalue weighted by Crippen LogP contribution is -2.61. The molecular weight excluding hydrogens is 362 g/mol. The Bertz CT molecular complexity index is 847. The number of β-amino-alcohol motifs (C(OH)–C–C–N with tert-alkyl or cyclic N) is 1. The smallest absolute Gasteiger partial charge is 0.342 e. The molecular formula is C21H27NO6. The molecule has 0 saturated carbocycles. The van der Waals surface area contributed by atoms with E-state index in [0.717, 1.165) is 11.1 Å². The van der Waals surface area contributed by atoms with Gasteiger partial charge in [0.05, 0.1) is 25.8 Å². The van der Waals surface area contributed by atoms with Crippen LogP contribution >= 0.6 is 0 Å². The zero-order chi connectivity index (χ0) is 20.6. The molecule has 152 valence electrons. The number of rotatable bonds is 6. The minimum Gasteiger partial charge on any atom is -0.507 e. The number of hydrogen-bond donors (Lipinski definition) is 2. The fourth-order valence-electron chi connectivity index (χ4n) is 3.82. The van der Waals surface area contributed by atoms with Gasteiger partial charge in [0.2, 0.25) is 5.91 Å². The summed E-state index contributed by atoms with van der Waals surface area (Å²) in [5.41, 5.74) is 2.47. The average molecular weight is 389 g/mol. The molecule has 0 spiro atoms. The van der Waals surface area contributed by atoms with Crippen molar-refractivity contribution in [2.45, 2.75) is 52.2 Å². The summed E-state index contributed by atoms with van der Waals surface area (Å²) in [5, 5.41) is 20.3. The number of nitrogens with zero attached hydrogens (tertiary/aromatic N) is 1. The number of esters is 1. The summed E-state index contributed by atoms with van der Waals surface area (Å²) in [7, 11) is 1.53. The number of cyclic esters (lactones) is 1. The maximum atomic E-state index is 12.1. The number of fused-ring (bicyclic) bond motifs is 1. The maximum Gasteiger partial charge on any atom is 0.342 e. The highest BCUT2D eigenvalue weighted by atomic mass is 16.5. The first kappa shape index (κ1) is 20.2. The third-order valence-electron chi connectivity index (χ3n) is 5.45. The van der Waals surface area contributed by atoms with E-state index in [1.54, 1.807) is 11.8 Å². The molecule has 2 aliphatic heterocycles. The maximum absolute atomic E-state index is 12.1. The molecule has 0 radical (unpaired) electrons. The highest BCUT2D eigenvalue weighted by molar-refractivity contribution is 5.98. The SMILES string of the molecule is COc1c(C)c2c(c(O)c1CC=C(C)CCC(=O)N1CC(C)(O)C1)C(=O)OC2. The van der Waals surface area contributed by atoms with E-state index in [1.807, 2.05) is 19.9 Å². The normalized spacial score (nSPS) is 17.8. The third kappa shape index (κ3) is 3.71. The first-order valence-corrected chi connectivity index (χ1v) is 9.38. The lowest BCUT2D eigenvalue weighted by molar-refractivity contribution is -0.152. The summed E-state index contributed by atoms with van der Waals surface area (Å²) in [5.74, 6) is -0.0348. The van der Waals surface area contributed by atoms with Crippen LogP contribution in [0.5, 0.6) is 11.5 Å². The monoisotopic (exact) mass is 389 g/mol. The number of carbonyl (C=O) groups is 2. The lowest BCUT2D eigenvalue weighted by Gasteiger charge is -2.44. The number of phenols is 1. The van der Waals surface area contributed by atoms with Crippen molar-refractivity contribution in [2.75, 3.05) is 20.2 Å². The summed E-state index contributed by atoms with van der Waals surface area (Å²) in [6.07, 6.45) is 3.28. The van der Waals surface area contributed by atoms with Gasteiger partial charge in [0.25, 0.3) is 0 Å². The Morgan fingerprint density at radius 2 is 2.04 bits per heavy atom. The van der Waals surface area contributed by atoms with Crippen molar-refractivity contribution in [1.82, 2.24) is 4.90 Å². The number of carbonyl (C=O) groups excluding carboxylic acids is 2. The topological polar surface area (TPSA) is 96.3 Å². The molecule has 1 aromatic carbocycles.